The minimum atomic E-state index is 0.0699. The summed E-state index contributed by atoms with van der Waals surface area (Å²) in [5, 5.41) is 4.24. The van der Waals surface area contributed by atoms with Crippen LogP contribution in [0.15, 0.2) is 48.5 Å². The van der Waals surface area contributed by atoms with E-state index in [2.05, 4.69) is 46.3 Å². The van der Waals surface area contributed by atoms with Crippen molar-refractivity contribution in [1.29, 1.82) is 0 Å². The highest BCUT2D eigenvalue weighted by Gasteiger charge is 2.20. The molecular formula is C22H26N4OS. The molecule has 0 atom stereocenters. The first-order valence-electron chi connectivity index (χ1n) is 9.88. The van der Waals surface area contributed by atoms with Gasteiger partial charge in [-0.1, -0.05) is 37.3 Å². The monoisotopic (exact) mass is 394 g/mol. The number of para-hydroxylation sites is 2. The molecule has 1 N–H and O–H groups in total. The Morgan fingerprint density at radius 1 is 1.04 bits per heavy atom. The maximum atomic E-state index is 12.4. The SMILES string of the molecule is CCc1ccccc1NC(=O)CN1CCN(Cc2nc3ccccc3s2)CC1. The zero-order valence-electron chi connectivity index (χ0n) is 16.2. The van der Waals surface area contributed by atoms with Crippen LogP contribution >= 0.6 is 11.3 Å². The van der Waals surface area contributed by atoms with Gasteiger partial charge in [0.15, 0.2) is 0 Å². The number of nitrogens with one attached hydrogen (secondary N) is 1. The molecule has 4 rings (SSSR count). The van der Waals surface area contributed by atoms with Crippen molar-refractivity contribution in [3.05, 3.63) is 59.1 Å². The molecule has 0 spiro atoms. The summed E-state index contributed by atoms with van der Waals surface area (Å²) >= 11 is 1.78. The summed E-state index contributed by atoms with van der Waals surface area (Å²) in [6.07, 6.45) is 0.918. The fraction of sp³-hybridized carbons (Fsp3) is 0.364. The maximum absolute atomic E-state index is 12.4. The molecule has 28 heavy (non-hydrogen) atoms. The average Bonchev–Trinajstić information content (AvgIpc) is 3.12. The van der Waals surface area contributed by atoms with E-state index in [1.807, 2.05) is 24.3 Å². The quantitative estimate of drug-likeness (QED) is 0.694. The summed E-state index contributed by atoms with van der Waals surface area (Å²) in [6.45, 7) is 7.21. The Morgan fingerprint density at radius 2 is 1.75 bits per heavy atom. The van der Waals surface area contributed by atoms with Crippen LogP contribution in [0.2, 0.25) is 0 Å². The smallest absolute Gasteiger partial charge is 0.238 e. The highest BCUT2D eigenvalue weighted by Crippen LogP contribution is 2.23. The van der Waals surface area contributed by atoms with Crippen molar-refractivity contribution in [1.82, 2.24) is 14.8 Å². The van der Waals surface area contributed by atoms with Crippen molar-refractivity contribution < 1.29 is 4.79 Å². The van der Waals surface area contributed by atoms with E-state index in [-0.39, 0.29) is 5.91 Å². The number of benzene rings is 2. The molecule has 0 aliphatic carbocycles. The lowest BCUT2D eigenvalue weighted by Crippen LogP contribution is -2.48. The van der Waals surface area contributed by atoms with E-state index in [1.165, 1.54) is 15.3 Å². The Labute approximate surface area is 170 Å². The van der Waals surface area contributed by atoms with Crippen LogP contribution in [-0.4, -0.2) is 53.4 Å². The van der Waals surface area contributed by atoms with Crippen molar-refractivity contribution in [3.63, 3.8) is 0 Å². The van der Waals surface area contributed by atoms with E-state index in [0.29, 0.717) is 6.54 Å². The first kappa shape index (κ1) is 19.1. The van der Waals surface area contributed by atoms with Gasteiger partial charge < -0.3 is 5.32 Å². The van der Waals surface area contributed by atoms with Crippen LogP contribution in [0.1, 0.15) is 17.5 Å². The normalized spacial score (nSPS) is 15.8. The Kier molecular flexibility index (Phi) is 6.00. The van der Waals surface area contributed by atoms with Crippen LogP contribution in [0.5, 0.6) is 0 Å². The molecule has 2 aromatic carbocycles. The van der Waals surface area contributed by atoms with E-state index in [9.17, 15) is 4.79 Å². The number of hydrogen-bond donors (Lipinski definition) is 1. The molecule has 0 unspecified atom stereocenters. The van der Waals surface area contributed by atoms with Crippen molar-refractivity contribution in [2.45, 2.75) is 19.9 Å². The minimum Gasteiger partial charge on any atom is -0.325 e. The van der Waals surface area contributed by atoms with Crippen LogP contribution in [0.4, 0.5) is 5.69 Å². The third-order valence-electron chi connectivity index (χ3n) is 5.20. The number of hydrogen-bond acceptors (Lipinski definition) is 5. The van der Waals surface area contributed by atoms with E-state index in [1.54, 1.807) is 11.3 Å². The molecule has 5 nitrogen and oxygen atoms in total. The van der Waals surface area contributed by atoms with E-state index < -0.39 is 0 Å². The van der Waals surface area contributed by atoms with Crippen LogP contribution in [0, 0.1) is 0 Å². The largest absolute Gasteiger partial charge is 0.325 e. The molecule has 1 amide bonds. The summed E-state index contributed by atoms with van der Waals surface area (Å²) in [7, 11) is 0. The second kappa shape index (κ2) is 8.82. The number of fused-ring (bicyclic) bond motifs is 1. The van der Waals surface area contributed by atoms with E-state index in [4.69, 9.17) is 4.98 Å². The van der Waals surface area contributed by atoms with Gasteiger partial charge in [-0.2, -0.15) is 0 Å². The van der Waals surface area contributed by atoms with Crippen molar-refractivity contribution in [2.24, 2.45) is 0 Å². The average molecular weight is 395 g/mol. The molecule has 1 aromatic heterocycles. The number of thiazole rings is 1. The van der Waals surface area contributed by atoms with Gasteiger partial charge in [0, 0.05) is 31.9 Å². The minimum absolute atomic E-state index is 0.0699. The van der Waals surface area contributed by atoms with Gasteiger partial charge in [0.05, 0.1) is 23.3 Å². The lowest BCUT2D eigenvalue weighted by molar-refractivity contribution is -0.117. The van der Waals surface area contributed by atoms with Gasteiger partial charge in [-0.15, -0.1) is 11.3 Å². The second-order valence-electron chi connectivity index (χ2n) is 7.19. The van der Waals surface area contributed by atoms with Crippen molar-refractivity contribution >= 4 is 33.1 Å². The predicted molar refractivity (Wildman–Crippen MR) is 116 cm³/mol. The highest BCUT2D eigenvalue weighted by atomic mass is 32.1. The standard InChI is InChI=1S/C22H26N4OS/c1-2-17-7-3-4-8-18(17)23-21(27)15-25-11-13-26(14-12-25)16-22-24-19-9-5-6-10-20(19)28-22/h3-10H,2,11-16H2,1H3,(H,23,27). The fourth-order valence-electron chi connectivity index (χ4n) is 3.63. The summed E-state index contributed by atoms with van der Waals surface area (Å²) in [5.74, 6) is 0.0699. The third kappa shape index (κ3) is 4.58. The number of amides is 1. The zero-order valence-corrected chi connectivity index (χ0v) is 17.0. The molecule has 1 aliphatic heterocycles. The molecule has 6 heteroatoms. The second-order valence-corrected chi connectivity index (χ2v) is 8.30. The third-order valence-corrected chi connectivity index (χ3v) is 6.22. The molecule has 2 heterocycles. The van der Waals surface area contributed by atoms with Crippen LogP contribution in [0.3, 0.4) is 0 Å². The van der Waals surface area contributed by atoms with E-state index >= 15 is 0 Å². The van der Waals surface area contributed by atoms with Gasteiger partial charge >= 0.3 is 0 Å². The van der Waals surface area contributed by atoms with Crippen molar-refractivity contribution in [2.75, 3.05) is 38.0 Å². The van der Waals surface area contributed by atoms with Gasteiger partial charge in [0.1, 0.15) is 5.01 Å². The molecule has 1 aliphatic rings. The molecule has 0 bridgehead atoms. The first-order valence-corrected chi connectivity index (χ1v) is 10.7. The number of anilines is 1. The lowest BCUT2D eigenvalue weighted by atomic mass is 10.1. The number of rotatable bonds is 6. The van der Waals surface area contributed by atoms with Gasteiger partial charge in [-0.25, -0.2) is 4.98 Å². The molecular weight excluding hydrogens is 368 g/mol. The molecule has 1 fully saturated rings. The van der Waals surface area contributed by atoms with Gasteiger partial charge in [0.2, 0.25) is 5.91 Å². The molecule has 146 valence electrons. The maximum Gasteiger partial charge on any atom is 0.238 e. The number of nitrogens with zero attached hydrogens (tertiary/aromatic N) is 3. The van der Waals surface area contributed by atoms with E-state index in [0.717, 1.165) is 50.3 Å². The summed E-state index contributed by atoms with van der Waals surface area (Å²) in [6, 6.07) is 16.3. The lowest BCUT2D eigenvalue weighted by Gasteiger charge is -2.33. The van der Waals surface area contributed by atoms with Crippen LogP contribution in [0.25, 0.3) is 10.2 Å². The molecule has 0 saturated carbocycles. The number of carbonyl (C=O) groups excluding carboxylic acids is 1. The Balaban J connectivity index is 1.26. The highest BCUT2D eigenvalue weighted by molar-refractivity contribution is 7.18. The zero-order chi connectivity index (χ0) is 19.3. The van der Waals surface area contributed by atoms with Crippen LogP contribution < -0.4 is 5.32 Å². The van der Waals surface area contributed by atoms with Crippen molar-refractivity contribution in [3.8, 4) is 0 Å². The van der Waals surface area contributed by atoms with Gasteiger partial charge in [-0.05, 0) is 30.2 Å². The number of aromatic nitrogens is 1. The summed E-state index contributed by atoms with van der Waals surface area (Å²) in [4.78, 5) is 21.8. The van der Waals surface area contributed by atoms with Gasteiger partial charge in [-0.3, -0.25) is 14.6 Å². The molecule has 1 saturated heterocycles. The predicted octanol–water partition coefficient (Wildman–Crippen LogP) is 3.62. The number of carbonyl (C=O) groups is 1. The first-order chi connectivity index (χ1) is 13.7. The number of aryl methyl sites for hydroxylation is 1. The fourth-order valence-corrected chi connectivity index (χ4v) is 4.64. The Hall–Kier alpha value is -2.28. The Bertz CT molecular complexity index is 913. The number of piperazine rings is 1. The molecule has 0 radical (unpaired) electrons. The van der Waals surface area contributed by atoms with Gasteiger partial charge in [0.25, 0.3) is 0 Å². The van der Waals surface area contributed by atoms with Crippen LogP contribution in [-0.2, 0) is 17.8 Å². The molecule has 3 aromatic rings. The Morgan fingerprint density at radius 3 is 2.54 bits per heavy atom. The summed E-state index contributed by atoms with van der Waals surface area (Å²) in [5.41, 5.74) is 3.20. The topological polar surface area (TPSA) is 48.5 Å². The summed E-state index contributed by atoms with van der Waals surface area (Å²) < 4.78 is 1.25.